The van der Waals surface area contributed by atoms with Gasteiger partial charge < -0.3 is 9.64 Å². The van der Waals surface area contributed by atoms with E-state index in [9.17, 15) is 4.79 Å². The van der Waals surface area contributed by atoms with Crippen molar-refractivity contribution in [3.8, 4) is 5.75 Å². The standard InChI is InChI=1S/C27H27N3O2S/c31-26(25-18-29-12-13-33-27(29)28-25)30(22-9-3-4-10-22)17-19-6-5-11-23(14-19)32-24-15-20-7-1-2-8-21(20)16-24/h1-2,5-8,11-14,18,22,24H,3-4,9-10,15-17H2. The molecule has 5 nitrogen and oxygen atoms in total. The van der Waals surface area contributed by atoms with Crippen molar-refractivity contribution in [1.29, 1.82) is 0 Å². The summed E-state index contributed by atoms with van der Waals surface area (Å²) in [5, 5.41) is 1.99. The summed E-state index contributed by atoms with van der Waals surface area (Å²) in [5.41, 5.74) is 4.41. The van der Waals surface area contributed by atoms with E-state index in [0.29, 0.717) is 12.2 Å². The Morgan fingerprint density at radius 1 is 1.09 bits per heavy atom. The second-order valence-electron chi connectivity index (χ2n) is 9.15. The van der Waals surface area contributed by atoms with Crippen molar-refractivity contribution in [1.82, 2.24) is 14.3 Å². The summed E-state index contributed by atoms with van der Waals surface area (Å²) in [6.45, 7) is 0.580. The zero-order valence-corrected chi connectivity index (χ0v) is 19.3. The first-order valence-electron chi connectivity index (χ1n) is 11.8. The predicted molar refractivity (Wildman–Crippen MR) is 130 cm³/mol. The number of fused-ring (bicyclic) bond motifs is 2. The highest BCUT2D eigenvalue weighted by molar-refractivity contribution is 7.15. The smallest absolute Gasteiger partial charge is 0.274 e. The highest BCUT2D eigenvalue weighted by atomic mass is 32.1. The summed E-state index contributed by atoms with van der Waals surface area (Å²) in [5.74, 6) is 0.905. The van der Waals surface area contributed by atoms with Crippen LogP contribution in [0.15, 0.2) is 66.3 Å². The van der Waals surface area contributed by atoms with Crippen molar-refractivity contribution >= 4 is 22.2 Å². The largest absolute Gasteiger partial charge is 0.490 e. The fourth-order valence-electron chi connectivity index (χ4n) is 5.27. The highest BCUT2D eigenvalue weighted by Crippen LogP contribution is 2.29. The fraction of sp³-hybridized carbons (Fsp3) is 0.333. The van der Waals surface area contributed by atoms with Crippen LogP contribution in [0.3, 0.4) is 0 Å². The van der Waals surface area contributed by atoms with Gasteiger partial charge in [0.25, 0.3) is 5.91 Å². The lowest BCUT2D eigenvalue weighted by atomic mass is 10.1. The molecule has 2 heterocycles. The Morgan fingerprint density at radius 3 is 2.64 bits per heavy atom. The van der Waals surface area contributed by atoms with E-state index >= 15 is 0 Å². The molecular formula is C27H27N3O2S. The maximum absolute atomic E-state index is 13.5. The number of ether oxygens (including phenoxy) is 1. The molecule has 2 aliphatic carbocycles. The van der Waals surface area contributed by atoms with E-state index in [1.54, 1.807) is 11.3 Å². The van der Waals surface area contributed by atoms with Gasteiger partial charge in [-0.05, 0) is 41.7 Å². The molecule has 0 N–H and O–H groups in total. The van der Waals surface area contributed by atoms with Crippen molar-refractivity contribution in [2.75, 3.05) is 0 Å². The lowest BCUT2D eigenvalue weighted by Gasteiger charge is -2.28. The van der Waals surface area contributed by atoms with Crippen LogP contribution in [-0.2, 0) is 19.4 Å². The maximum atomic E-state index is 13.5. The van der Waals surface area contributed by atoms with Crippen LogP contribution in [-0.4, -0.2) is 32.3 Å². The van der Waals surface area contributed by atoms with Crippen LogP contribution in [0.5, 0.6) is 5.75 Å². The molecule has 0 bridgehead atoms. The molecule has 0 aliphatic heterocycles. The lowest BCUT2D eigenvalue weighted by Crippen LogP contribution is -2.38. The molecule has 2 aromatic carbocycles. The Morgan fingerprint density at radius 2 is 1.88 bits per heavy atom. The van der Waals surface area contributed by atoms with Crippen LogP contribution in [0, 0.1) is 0 Å². The molecule has 0 saturated heterocycles. The summed E-state index contributed by atoms with van der Waals surface area (Å²) in [7, 11) is 0. The minimum Gasteiger partial charge on any atom is -0.490 e. The number of imidazole rings is 1. The molecule has 168 valence electrons. The van der Waals surface area contributed by atoms with Gasteiger partial charge in [0.2, 0.25) is 0 Å². The number of hydrogen-bond donors (Lipinski definition) is 0. The summed E-state index contributed by atoms with van der Waals surface area (Å²) in [6, 6.07) is 17.1. The number of rotatable bonds is 6. The van der Waals surface area contributed by atoms with E-state index in [1.807, 2.05) is 39.2 Å². The van der Waals surface area contributed by atoms with E-state index in [-0.39, 0.29) is 18.1 Å². The van der Waals surface area contributed by atoms with Crippen molar-refractivity contribution in [2.24, 2.45) is 0 Å². The lowest BCUT2D eigenvalue weighted by molar-refractivity contribution is 0.0658. The third-order valence-electron chi connectivity index (χ3n) is 6.91. The average Bonchev–Trinajstić information content (AvgIpc) is 3.61. The quantitative estimate of drug-likeness (QED) is 0.383. The van der Waals surface area contributed by atoms with Gasteiger partial charge in [0.05, 0.1) is 0 Å². The first-order chi connectivity index (χ1) is 16.2. The van der Waals surface area contributed by atoms with Crippen molar-refractivity contribution < 1.29 is 9.53 Å². The van der Waals surface area contributed by atoms with Gasteiger partial charge in [-0.3, -0.25) is 9.20 Å². The first kappa shape index (κ1) is 20.5. The molecular weight excluding hydrogens is 430 g/mol. The molecule has 4 aromatic rings. The molecule has 1 saturated carbocycles. The van der Waals surface area contributed by atoms with Crippen LogP contribution in [0.1, 0.15) is 52.9 Å². The Kier molecular flexibility index (Phi) is 5.38. The average molecular weight is 458 g/mol. The van der Waals surface area contributed by atoms with Crippen LogP contribution >= 0.6 is 11.3 Å². The second-order valence-corrected chi connectivity index (χ2v) is 10.0. The van der Waals surface area contributed by atoms with Gasteiger partial charge in [-0.2, -0.15) is 0 Å². The topological polar surface area (TPSA) is 46.8 Å². The zero-order chi connectivity index (χ0) is 22.2. The molecule has 0 atom stereocenters. The molecule has 0 radical (unpaired) electrons. The molecule has 1 fully saturated rings. The SMILES string of the molecule is O=C(c1cn2ccsc2n1)N(Cc1cccc(OC2Cc3ccccc3C2)c1)C1CCCC1. The zero-order valence-electron chi connectivity index (χ0n) is 18.5. The number of aromatic nitrogens is 2. The normalized spacial score (nSPS) is 16.4. The molecule has 6 heteroatoms. The van der Waals surface area contributed by atoms with Crippen LogP contribution in [0.2, 0.25) is 0 Å². The number of hydrogen-bond acceptors (Lipinski definition) is 4. The number of carbonyl (C=O) groups excluding carboxylic acids is 1. The van der Waals surface area contributed by atoms with Gasteiger partial charge in [0, 0.05) is 43.2 Å². The van der Waals surface area contributed by atoms with Gasteiger partial charge in [-0.25, -0.2) is 4.98 Å². The van der Waals surface area contributed by atoms with E-state index in [2.05, 4.69) is 41.4 Å². The highest BCUT2D eigenvalue weighted by Gasteiger charge is 2.29. The van der Waals surface area contributed by atoms with E-state index < -0.39 is 0 Å². The summed E-state index contributed by atoms with van der Waals surface area (Å²) >= 11 is 1.55. The van der Waals surface area contributed by atoms with Gasteiger partial charge in [-0.15, -0.1) is 11.3 Å². The molecule has 2 aromatic heterocycles. The number of thiazole rings is 1. The predicted octanol–water partition coefficient (Wildman–Crippen LogP) is 5.53. The first-order valence-corrected chi connectivity index (χ1v) is 12.7. The summed E-state index contributed by atoms with van der Waals surface area (Å²) in [6.07, 6.45) is 10.4. The third kappa shape index (κ3) is 4.15. The molecule has 1 amide bonds. The Hall–Kier alpha value is -3.12. The number of nitrogens with zero attached hydrogens (tertiary/aromatic N) is 3. The molecule has 2 aliphatic rings. The van der Waals surface area contributed by atoms with Crippen LogP contribution < -0.4 is 4.74 Å². The number of benzene rings is 2. The van der Waals surface area contributed by atoms with Gasteiger partial charge in [0.1, 0.15) is 17.5 Å². The Balaban J connectivity index is 1.20. The minimum atomic E-state index is 0.0235. The van der Waals surface area contributed by atoms with E-state index in [0.717, 1.165) is 42.0 Å². The monoisotopic (exact) mass is 457 g/mol. The molecule has 0 spiro atoms. The van der Waals surface area contributed by atoms with Gasteiger partial charge >= 0.3 is 0 Å². The molecule has 33 heavy (non-hydrogen) atoms. The summed E-state index contributed by atoms with van der Waals surface area (Å²) < 4.78 is 8.29. The number of amides is 1. The van der Waals surface area contributed by atoms with Crippen molar-refractivity contribution in [3.05, 3.63) is 88.7 Å². The third-order valence-corrected chi connectivity index (χ3v) is 7.68. The Bertz CT molecular complexity index is 1230. The van der Waals surface area contributed by atoms with Crippen LogP contribution in [0.25, 0.3) is 4.96 Å². The van der Waals surface area contributed by atoms with Gasteiger partial charge in [0.15, 0.2) is 4.96 Å². The maximum Gasteiger partial charge on any atom is 0.274 e. The van der Waals surface area contributed by atoms with Gasteiger partial charge in [-0.1, -0.05) is 49.2 Å². The van der Waals surface area contributed by atoms with E-state index in [4.69, 9.17) is 4.74 Å². The second kappa shape index (κ2) is 8.67. The van der Waals surface area contributed by atoms with Crippen molar-refractivity contribution in [3.63, 3.8) is 0 Å². The summed E-state index contributed by atoms with van der Waals surface area (Å²) in [4.78, 5) is 21.0. The minimum absolute atomic E-state index is 0.0235. The van der Waals surface area contributed by atoms with E-state index in [1.165, 1.54) is 24.0 Å². The van der Waals surface area contributed by atoms with Crippen molar-refractivity contribution in [2.45, 2.75) is 57.2 Å². The Labute approximate surface area is 197 Å². The molecule has 0 unspecified atom stereocenters. The van der Waals surface area contributed by atoms with Crippen LogP contribution in [0.4, 0.5) is 0 Å². The fourth-order valence-corrected chi connectivity index (χ4v) is 5.97. The number of carbonyl (C=O) groups is 1. The molecule has 6 rings (SSSR count).